The minimum Gasteiger partial charge on any atom is -0.442 e. The van der Waals surface area contributed by atoms with E-state index in [9.17, 15) is 4.57 Å². The SMILES string of the molecule is CP(C)(=O)Oc1ccccc1Cl. The van der Waals surface area contributed by atoms with Gasteiger partial charge in [-0.2, -0.15) is 0 Å². The molecule has 2 nitrogen and oxygen atoms in total. The lowest BCUT2D eigenvalue weighted by Crippen LogP contribution is -1.88. The van der Waals surface area contributed by atoms with Crippen LogP contribution in [0.1, 0.15) is 0 Å². The van der Waals surface area contributed by atoms with Gasteiger partial charge in [-0.3, -0.25) is 4.57 Å². The van der Waals surface area contributed by atoms with E-state index in [-0.39, 0.29) is 0 Å². The Morgan fingerprint density at radius 1 is 1.33 bits per heavy atom. The van der Waals surface area contributed by atoms with Gasteiger partial charge in [-0.1, -0.05) is 23.7 Å². The molecule has 0 heterocycles. The van der Waals surface area contributed by atoms with E-state index in [0.29, 0.717) is 10.8 Å². The Labute approximate surface area is 77.0 Å². The van der Waals surface area contributed by atoms with Gasteiger partial charge in [-0.25, -0.2) is 0 Å². The van der Waals surface area contributed by atoms with Crippen LogP contribution >= 0.6 is 19.0 Å². The van der Waals surface area contributed by atoms with Crippen molar-refractivity contribution in [1.82, 2.24) is 0 Å². The van der Waals surface area contributed by atoms with E-state index in [1.54, 1.807) is 37.6 Å². The summed E-state index contributed by atoms with van der Waals surface area (Å²) in [4.78, 5) is 0. The van der Waals surface area contributed by atoms with Crippen molar-refractivity contribution in [2.24, 2.45) is 0 Å². The summed E-state index contributed by atoms with van der Waals surface area (Å²) in [5.41, 5.74) is 0. The third kappa shape index (κ3) is 2.88. The molecule has 0 spiro atoms. The molecule has 0 fully saturated rings. The van der Waals surface area contributed by atoms with Crippen LogP contribution in [0.2, 0.25) is 5.02 Å². The second kappa shape index (κ2) is 3.51. The van der Waals surface area contributed by atoms with Gasteiger partial charge in [-0.15, -0.1) is 0 Å². The van der Waals surface area contributed by atoms with Crippen LogP contribution in [0.15, 0.2) is 24.3 Å². The Morgan fingerprint density at radius 3 is 2.42 bits per heavy atom. The van der Waals surface area contributed by atoms with Gasteiger partial charge in [0.2, 0.25) is 7.37 Å². The van der Waals surface area contributed by atoms with E-state index in [4.69, 9.17) is 16.1 Å². The van der Waals surface area contributed by atoms with Crippen LogP contribution in [0.25, 0.3) is 0 Å². The van der Waals surface area contributed by atoms with Crippen LogP contribution in [0, 0.1) is 0 Å². The molecule has 1 aromatic rings. The lowest BCUT2D eigenvalue weighted by molar-refractivity contribution is 0.494. The van der Waals surface area contributed by atoms with E-state index in [1.807, 2.05) is 0 Å². The molecule has 4 heteroatoms. The molecular weight excluding hydrogens is 195 g/mol. The zero-order valence-corrected chi connectivity index (χ0v) is 8.60. The van der Waals surface area contributed by atoms with Gasteiger partial charge >= 0.3 is 0 Å². The van der Waals surface area contributed by atoms with Gasteiger partial charge in [0, 0.05) is 13.3 Å². The zero-order chi connectivity index (χ0) is 9.19. The smallest absolute Gasteiger partial charge is 0.242 e. The molecule has 0 unspecified atom stereocenters. The van der Waals surface area contributed by atoms with Crippen LogP contribution in [-0.4, -0.2) is 13.3 Å². The molecule has 0 aliphatic rings. The Morgan fingerprint density at radius 2 is 1.92 bits per heavy atom. The number of halogens is 1. The maximum absolute atomic E-state index is 11.3. The Balaban J connectivity index is 2.90. The van der Waals surface area contributed by atoms with Crippen molar-refractivity contribution < 1.29 is 9.09 Å². The highest BCUT2D eigenvalue weighted by Gasteiger charge is 2.10. The summed E-state index contributed by atoms with van der Waals surface area (Å²) in [6, 6.07) is 6.98. The Bertz CT molecular complexity index is 319. The first kappa shape index (κ1) is 9.63. The summed E-state index contributed by atoms with van der Waals surface area (Å²) in [5.74, 6) is 0.479. The van der Waals surface area contributed by atoms with Gasteiger partial charge < -0.3 is 4.52 Å². The highest BCUT2D eigenvalue weighted by Crippen LogP contribution is 2.41. The van der Waals surface area contributed by atoms with E-state index >= 15 is 0 Å². The minimum atomic E-state index is -2.50. The molecule has 0 aromatic heterocycles. The summed E-state index contributed by atoms with van der Waals surface area (Å²) in [6.45, 7) is 3.10. The van der Waals surface area contributed by atoms with Crippen LogP contribution in [0.5, 0.6) is 5.75 Å². The van der Waals surface area contributed by atoms with E-state index in [2.05, 4.69) is 0 Å². The van der Waals surface area contributed by atoms with Crippen molar-refractivity contribution in [3.63, 3.8) is 0 Å². The van der Waals surface area contributed by atoms with Crippen molar-refractivity contribution >= 4 is 19.0 Å². The van der Waals surface area contributed by atoms with E-state index in [1.165, 1.54) is 0 Å². The number of hydrogen-bond acceptors (Lipinski definition) is 2. The highest BCUT2D eigenvalue weighted by molar-refractivity contribution is 7.57. The van der Waals surface area contributed by atoms with E-state index in [0.717, 1.165) is 0 Å². The fourth-order valence-electron chi connectivity index (χ4n) is 0.756. The second-order valence-electron chi connectivity index (χ2n) is 2.77. The van der Waals surface area contributed by atoms with Gasteiger partial charge in [0.15, 0.2) is 0 Å². The monoisotopic (exact) mass is 204 g/mol. The lowest BCUT2D eigenvalue weighted by Gasteiger charge is -2.10. The predicted molar refractivity (Wildman–Crippen MR) is 51.5 cm³/mol. The van der Waals surface area contributed by atoms with Crippen molar-refractivity contribution in [2.75, 3.05) is 13.3 Å². The maximum atomic E-state index is 11.3. The van der Waals surface area contributed by atoms with Crippen LogP contribution in [-0.2, 0) is 4.57 Å². The molecule has 1 rings (SSSR count). The van der Waals surface area contributed by atoms with E-state index < -0.39 is 7.37 Å². The zero-order valence-electron chi connectivity index (χ0n) is 6.95. The standard InChI is InChI=1S/C8H10ClO2P/c1-12(2,10)11-8-6-4-3-5-7(8)9/h3-6H,1-2H3. The molecule has 0 radical (unpaired) electrons. The molecule has 0 saturated heterocycles. The molecular formula is C8H10ClO2P. The largest absolute Gasteiger partial charge is 0.442 e. The average molecular weight is 205 g/mol. The van der Waals surface area contributed by atoms with Crippen molar-refractivity contribution in [1.29, 1.82) is 0 Å². The molecule has 0 bridgehead atoms. The predicted octanol–water partition coefficient (Wildman–Crippen LogP) is 3.26. The third-order valence-electron chi connectivity index (χ3n) is 1.15. The quantitative estimate of drug-likeness (QED) is 0.692. The van der Waals surface area contributed by atoms with Crippen LogP contribution in [0.3, 0.4) is 0 Å². The first-order valence-electron chi connectivity index (χ1n) is 3.48. The minimum absolute atomic E-state index is 0.479. The molecule has 0 saturated carbocycles. The second-order valence-corrected chi connectivity index (χ2v) is 5.87. The maximum Gasteiger partial charge on any atom is 0.242 e. The van der Waals surface area contributed by atoms with Gasteiger partial charge in [-0.05, 0) is 12.1 Å². The van der Waals surface area contributed by atoms with Crippen molar-refractivity contribution in [2.45, 2.75) is 0 Å². The molecule has 1 aromatic carbocycles. The fraction of sp³-hybridized carbons (Fsp3) is 0.250. The molecule has 0 amide bonds. The summed E-state index contributed by atoms with van der Waals surface area (Å²) in [7, 11) is -2.50. The summed E-state index contributed by atoms with van der Waals surface area (Å²) in [6.07, 6.45) is 0. The Kier molecular flexibility index (Phi) is 2.81. The Hall–Kier alpha value is -0.460. The van der Waals surface area contributed by atoms with Gasteiger partial charge in [0.1, 0.15) is 5.75 Å². The first-order chi connectivity index (χ1) is 5.49. The van der Waals surface area contributed by atoms with Crippen LogP contribution in [0.4, 0.5) is 0 Å². The van der Waals surface area contributed by atoms with Gasteiger partial charge in [0.05, 0.1) is 5.02 Å². The topological polar surface area (TPSA) is 26.3 Å². The number of benzene rings is 1. The third-order valence-corrected chi connectivity index (χ3v) is 2.10. The number of para-hydroxylation sites is 1. The molecule has 0 N–H and O–H groups in total. The van der Waals surface area contributed by atoms with Crippen LogP contribution < -0.4 is 4.52 Å². The van der Waals surface area contributed by atoms with Crippen molar-refractivity contribution in [3.05, 3.63) is 29.3 Å². The van der Waals surface area contributed by atoms with Crippen molar-refractivity contribution in [3.8, 4) is 5.75 Å². The average Bonchev–Trinajstić information content (AvgIpc) is 1.91. The first-order valence-corrected chi connectivity index (χ1v) is 6.38. The molecule has 0 aliphatic carbocycles. The normalized spacial score (nSPS) is 11.2. The summed E-state index contributed by atoms with van der Waals surface area (Å²) in [5, 5.41) is 0.487. The molecule has 0 atom stereocenters. The highest BCUT2D eigenvalue weighted by atomic mass is 35.5. The molecule has 0 aliphatic heterocycles. The molecule has 66 valence electrons. The van der Waals surface area contributed by atoms with Gasteiger partial charge in [0.25, 0.3) is 0 Å². The fourth-order valence-corrected chi connectivity index (χ4v) is 1.62. The molecule has 12 heavy (non-hydrogen) atoms. The number of hydrogen-bond donors (Lipinski definition) is 0. The lowest BCUT2D eigenvalue weighted by atomic mass is 10.3. The summed E-state index contributed by atoms with van der Waals surface area (Å²) < 4.78 is 16.4. The summed E-state index contributed by atoms with van der Waals surface area (Å²) >= 11 is 5.78. The number of rotatable bonds is 2.